The minimum atomic E-state index is 0.0194. The van der Waals surface area contributed by atoms with Gasteiger partial charge in [0.1, 0.15) is 6.61 Å². The lowest BCUT2D eigenvalue weighted by Gasteiger charge is -2.17. The summed E-state index contributed by atoms with van der Waals surface area (Å²) in [5.41, 5.74) is 2.10. The number of hydrogen-bond donors (Lipinski definition) is 0. The molecule has 6 heteroatoms. The summed E-state index contributed by atoms with van der Waals surface area (Å²) in [4.78, 5) is 18.3. The van der Waals surface area contributed by atoms with E-state index in [9.17, 15) is 4.79 Å². The number of rotatable bonds is 6. The van der Waals surface area contributed by atoms with Crippen molar-refractivity contribution in [3.05, 3.63) is 58.7 Å². The fourth-order valence-electron chi connectivity index (χ4n) is 2.98. The molecule has 2 heterocycles. The number of carbonyl (C=O) groups excluding carboxylic acids is 1. The summed E-state index contributed by atoms with van der Waals surface area (Å²) >= 11 is 6.05. The first-order valence-electron chi connectivity index (χ1n) is 8.25. The SMILES string of the molecule is COc1ccc(COCC(=O)N2CCC(c3cccc(Cl)c3)C2)cn1. The predicted octanol–water partition coefficient (Wildman–Crippen LogP) is 3.28. The first kappa shape index (κ1) is 17.7. The zero-order valence-electron chi connectivity index (χ0n) is 14.2. The molecule has 1 aromatic heterocycles. The van der Waals surface area contributed by atoms with Crippen LogP contribution < -0.4 is 4.74 Å². The molecule has 25 heavy (non-hydrogen) atoms. The summed E-state index contributed by atoms with van der Waals surface area (Å²) in [7, 11) is 1.57. The average molecular weight is 361 g/mol. The van der Waals surface area contributed by atoms with Crippen LogP contribution in [0, 0.1) is 0 Å². The molecule has 1 amide bonds. The molecule has 0 bridgehead atoms. The molecular formula is C19H21ClN2O3. The molecule has 1 aromatic carbocycles. The van der Waals surface area contributed by atoms with Gasteiger partial charge in [0.05, 0.1) is 13.7 Å². The van der Waals surface area contributed by atoms with Crippen LogP contribution in [0.1, 0.15) is 23.5 Å². The molecule has 0 N–H and O–H groups in total. The molecule has 1 unspecified atom stereocenters. The molecule has 1 atom stereocenters. The second kappa shape index (κ2) is 8.32. The summed E-state index contributed by atoms with van der Waals surface area (Å²) in [6.45, 7) is 1.90. The van der Waals surface area contributed by atoms with Gasteiger partial charge in [0.15, 0.2) is 0 Å². The Morgan fingerprint density at radius 3 is 2.96 bits per heavy atom. The van der Waals surface area contributed by atoms with Gasteiger partial charge in [0.25, 0.3) is 0 Å². The van der Waals surface area contributed by atoms with Crippen LogP contribution in [0.5, 0.6) is 5.88 Å². The zero-order chi connectivity index (χ0) is 17.6. The quantitative estimate of drug-likeness (QED) is 0.793. The maximum absolute atomic E-state index is 12.3. The van der Waals surface area contributed by atoms with E-state index < -0.39 is 0 Å². The van der Waals surface area contributed by atoms with Crippen LogP contribution in [-0.4, -0.2) is 42.6 Å². The monoisotopic (exact) mass is 360 g/mol. The molecule has 1 aliphatic rings. The number of methoxy groups -OCH3 is 1. The lowest BCUT2D eigenvalue weighted by molar-refractivity contribution is -0.135. The van der Waals surface area contributed by atoms with Gasteiger partial charge < -0.3 is 14.4 Å². The number of likely N-dealkylation sites (tertiary alicyclic amines) is 1. The number of hydrogen-bond acceptors (Lipinski definition) is 4. The normalized spacial score (nSPS) is 16.9. The van der Waals surface area contributed by atoms with Crippen molar-refractivity contribution in [2.75, 3.05) is 26.8 Å². The minimum absolute atomic E-state index is 0.0194. The van der Waals surface area contributed by atoms with Gasteiger partial charge >= 0.3 is 0 Å². The van der Waals surface area contributed by atoms with E-state index >= 15 is 0 Å². The Morgan fingerprint density at radius 2 is 2.24 bits per heavy atom. The van der Waals surface area contributed by atoms with E-state index in [0.29, 0.717) is 24.9 Å². The van der Waals surface area contributed by atoms with Crippen LogP contribution in [0.4, 0.5) is 0 Å². The van der Waals surface area contributed by atoms with E-state index in [1.807, 2.05) is 29.2 Å². The molecule has 0 spiro atoms. The molecule has 3 rings (SSSR count). The van der Waals surface area contributed by atoms with Gasteiger partial charge in [0, 0.05) is 36.3 Å². The van der Waals surface area contributed by atoms with Crippen molar-refractivity contribution >= 4 is 17.5 Å². The summed E-state index contributed by atoms with van der Waals surface area (Å²) in [6.07, 6.45) is 2.64. The first-order valence-corrected chi connectivity index (χ1v) is 8.63. The van der Waals surface area contributed by atoms with Gasteiger partial charge in [-0.25, -0.2) is 4.98 Å². The Morgan fingerprint density at radius 1 is 1.36 bits per heavy atom. The molecule has 2 aromatic rings. The summed E-state index contributed by atoms with van der Waals surface area (Å²) in [5.74, 6) is 0.920. The Labute approximate surface area is 152 Å². The molecule has 0 radical (unpaired) electrons. The standard InChI is InChI=1S/C19H21ClN2O3/c1-24-18-6-5-14(10-21-18)12-25-13-19(23)22-8-7-16(11-22)15-3-2-4-17(20)9-15/h2-6,9-10,16H,7-8,11-13H2,1H3. The van der Waals surface area contributed by atoms with E-state index in [1.54, 1.807) is 19.4 Å². The number of nitrogens with zero attached hydrogens (tertiary/aromatic N) is 2. The summed E-state index contributed by atoms with van der Waals surface area (Å²) in [5, 5.41) is 0.735. The fourth-order valence-corrected chi connectivity index (χ4v) is 3.18. The Hall–Kier alpha value is -2.11. The van der Waals surface area contributed by atoms with Crippen LogP contribution in [0.25, 0.3) is 0 Å². The maximum Gasteiger partial charge on any atom is 0.248 e. The van der Waals surface area contributed by atoms with E-state index in [-0.39, 0.29) is 12.5 Å². The van der Waals surface area contributed by atoms with Crippen molar-refractivity contribution in [3.63, 3.8) is 0 Å². The smallest absolute Gasteiger partial charge is 0.248 e. The third-order valence-corrected chi connectivity index (χ3v) is 4.60. The fraction of sp³-hybridized carbons (Fsp3) is 0.368. The highest BCUT2D eigenvalue weighted by Crippen LogP contribution is 2.28. The largest absolute Gasteiger partial charge is 0.481 e. The predicted molar refractivity (Wildman–Crippen MR) is 95.8 cm³/mol. The van der Waals surface area contributed by atoms with Crippen LogP contribution in [-0.2, 0) is 16.1 Å². The number of pyridine rings is 1. The number of carbonyl (C=O) groups is 1. The third-order valence-electron chi connectivity index (χ3n) is 4.36. The van der Waals surface area contributed by atoms with Crippen LogP contribution in [0.15, 0.2) is 42.6 Å². The van der Waals surface area contributed by atoms with Crippen molar-refractivity contribution < 1.29 is 14.3 Å². The first-order chi connectivity index (χ1) is 12.2. The lowest BCUT2D eigenvalue weighted by atomic mass is 9.99. The summed E-state index contributed by atoms with van der Waals surface area (Å²) < 4.78 is 10.5. The highest BCUT2D eigenvalue weighted by atomic mass is 35.5. The van der Waals surface area contributed by atoms with E-state index in [1.165, 1.54) is 5.56 Å². The summed E-state index contributed by atoms with van der Waals surface area (Å²) in [6, 6.07) is 11.5. The Bertz CT molecular complexity index is 721. The molecule has 1 aliphatic heterocycles. The molecule has 1 saturated heterocycles. The topological polar surface area (TPSA) is 51.7 Å². The highest BCUT2D eigenvalue weighted by molar-refractivity contribution is 6.30. The number of benzene rings is 1. The number of halogens is 1. The second-order valence-electron chi connectivity index (χ2n) is 6.08. The van der Waals surface area contributed by atoms with Crippen molar-refractivity contribution in [2.45, 2.75) is 18.9 Å². The molecule has 5 nitrogen and oxygen atoms in total. The molecule has 1 fully saturated rings. The maximum atomic E-state index is 12.3. The van der Waals surface area contributed by atoms with Gasteiger partial charge in [-0.1, -0.05) is 23.7 Å². The van der Waals surface area contributed by atoms with Gasteiger partial charge in [-0.05, 0) is 35.7 Å². The van der Waals surface area contributed by atoms with Crippen LogP contribution in [0.3, 0.4) is 0 Å². The van der Waals surface area contributed by atoms with E-state index in [2.05, 4.69) is 11.1 Å². The van der Waals surface area contributed by atoms with Crippen molar-refractivity contribution in [2.24, 2.45) is 0 Å². The van der Waals surface area contributed by atoms with E-state index in [4.69, 9.17) is 21.1 Å². The van der Waals surface area contributed by atoms with E-state index in [0.717, 1.165) is 23.6 Å². The third kappa shape index (κ3) is 4.71. The Balaban J connectivity index is 1.45. The second-order valence-corrected chi connectivity index (χ2v) is 6.52. The number of aromatic nitrogens is 1. The van der Waals surface area contributed by atoms with Crippen LogP contribution >= 0.6 is 11.6 Å². The molecule has 0 saturated carbocycles. The average Bonchev–Trinajstić information content (AvgIpc) is 3.12. The van der Waals surface area contributed by atoms with Crippen LogP contribution in [0.2, 0.25) is 5.02 Å². The van der Waals surface area contributed by atoms with Gasteiger partial charge in [-0.15, -0.1) is 0 Å². The minimum Gasteiger partial charge on any atom is -0.481 e. The van der Waals surface area contributed by atoms with Crippen molar-refractivity contribution in [3.8, 4) is 5.88 Å². The number of ether oxygens (including phenoxy) is 2. The van der Waals surface area contributed by atoms with Gasteiger partial charge in [0.2, 0.25) is 11.8 Å². The van der Waals surface area contributed by atoms with Crippen molar-refractivity contribution in [1.82, 2.24) is 9.88 Å². The highest BCUT2D eigenvalue weighted by Gasteiger charge is 2.27. The molecule has 132 valence electrons. The number of amides is 1. The molecule has 0 aliphatic carbocycles. The van der Waals surface area contributed by atoms with Gasteiger partial charge in [-0.2, -0.15) is 0 Å². The van der Waals surface area contributed by atoms with Gasteiger partial charge in [-0.3, -0.25) is 4.79 Å². The zero-order valence-corrected chi connectivity index (χ0v) is 14.9. The lowest BCUT2D eigenvalue weighted by Crippen LogP contribution is -2.31. The Kier molecular flexibility index (Phi) is 5.89. The van der Waals surface area contributed by atoms with Crippen molar-refractivity contribution in [1.29, 1.82) is 0 Å². The molecular weight excluding hydrogens is 340 g/mol.